The van der Waals surface area contributed by atoms with Crippen molar-refractivity contribution in [2.75, 3.05) is 5.73 Å². The van der Waals surface area contributed by atoms with E-state index in [-0.39, 0.29) is 5.82 Å². The molecule has 90 valence electrons. The molecule has 2 rings (SSSR count). The number of nitrogens with zero attached hydrogens (tertiary/aromatic N) is 2. The second-order valence-electron chi connectivity index (χ2n) is 3.88. The molecule has 0 atom stereocenters. The minimum atomic E-state index is -0.276. The van der Waals surface area contributed by atoms with E-state index in [1.807, 2.05) is 0 Å². The largest absolute Gasteiger partial charge is 0.384 e. The van der Waals surface area contributed by atoms with E-state index in [2.05, 4.69) is 5.10 Å². The molecule has 17 heavy (non-hydrogen) atoms. The molecule has 1 heterocycles. The van der Waals surface area contributed by atoms with Crippen molar-refractivity contribution in [3.63, 3.8) is 0 Å². The third-order valence-corrected chi connectivity index (χ3v) is 3.01. The van der Waals surface area contributed by atoms with Crippen molar-refractivity contribution >= 4 is 17.4 Å². The summed E-state index contributed by atoms with van der Waals surface area (Å²) in [7, 11) is 1.77. The predicted molar refractivity (Wildman–Crippen MR) is 66.4 cm³/mol. The smallest absolute Gasteiger partial charge is 0.127 e. The number of hydrogen-bond acceptors (Lipinski definition) is 2. The molecular formula is C12H13ClFN3. The summed E-state index contributed by atoms with van der Waals surface area (Å²) in [4.78, 5) is 0. The molecule has 0 radical (unpaired) electrons. The van der Waals surface area contributed by atoms with E-state index in [0.717, 1.165) is 5.69 Å². The lowest BCUT2D eigenvalue weighted by molar-refractivity contribution is 0.607. The van der Waals surface area contributed by atoms with Crippen molar-refractivity contribution < 1.29 is 4.39 Å². The predicted octanol–water partition coefficient (Wildman–Crippen LogP) is 2.58. The molecule has 2 aromatic rings. The van der Waals surface area contributed by atoms with Gasteiger partial charge in [0.2, 0.25) is 0 Å². The van der Waals surface area contributed by atoms with Crippen LogP contribution in [0, 0.1) is 5.82 Å². The molecule has 0 aliphatic rings. The standard InChI is InChI=1S/C12H13ClFN3/c1-17-12(15)7-8(16-17)5-6-9-10(13)3-2-4-11(9)14/h2-4,7H,5-6,15H2,1H3. The van der Waals surface area contributed by atoms with Gasteiger partial charge in [0.25, 0.3) is 0 Å². The van der Waals surface area contributed by atoms with E-state index < -0.39 is 0 Å². The molecular weight excluding hydrogens is 241 g/mol. The number of aromatic nitrogens is 2. The number of aryl methyl sites for hydroxylation is 2. The molecule has 0 spiro atoms. The van der Waals surface area contributed by atoms with Crippen LogP contribution in [0.15, 0.2) is 24.3 Å². The van der Waals surface area contributed by atoms with Crippen molar-refractivity contribution in [2.45, 2.75) is 12.8 Å². The molecule has 0 fully saturated rings. The van der Waals surface area contributed by atoms with Gasteiger partial charge in [-0.3, -0.25) is 4.68 Å². The van der Waals surface area contributed by atoms with E-state index in [1.54, 1.807) is 29.9 Å². The Labute approximate surface area is 104 Å². The third-order valence-electron chi connectivity index (χ3n) is 2.66. The first kappa shape index (κ1) is 11.9. The Morgan fingerprint density at radius 3 is 2.76 bits per heavy atom. The van der Waals surface area contributed by atoms with Gasteiger partial charge in [-0.2, -0.15) is 5.10 Å². The highest BCUT2D eigenvalue weighted by Crippen LogP contribution is 2.20. The van der Waals surface area contributed by atoms with Crippen molar-refractivity contribution in [1.29, 1.82) is 0 Å². The van der Waals surface area contributed by atoms with Crippen LogP contribution in [0.4, 0.5) is 10.2 Å². The molecule has 1 aromatic heterocycles. The molecule has 5 heteroatoms. The molecule has 0 saturated carbocycles. The van der Waals surface area contributed by atoms with Crippen LogP contribution < -0.4 is 5.73 Å². The van der Waals surface area contributed by atoms with Gasteiger partial charge in [-0.05, 0) is 25.0 Å². The van der Waals surface area contributed by atoms with Crippen LogP contribution in [-0.4, -0.2) is 9.78 Å². The lowest BCUT2D eigenvalue weighted by Gasteiger charge is -2.03. The highest BCUT2D eigenvalue weighted by atomic mass is 35.5. The van der Waals surface area contributed by atoms with Gasteiger partial charge in [-0.15, -0.1) is 0 Å². The van der Waals surface area contributed by atoms with Crippen LogP contribution in [0.25, 0.3) is 0 Å². The number of halogens is 2. The first-order chi connectivity index (χ1) is 8.08. The number of rotatable bonds is 3. The summed E-state index contributed by atoms with van der Waals surface area (Å²) in [6.07, 6.45) is 1.13. The molecule has 2 N–H and O–H groups in total. The highest BCUT2D eigenvalue weighted by Gasteiger charge is 2.08. The van der Waals surface area contributed by atoms with Gasteiger partial charge in [0, 0.05) is 23.7 Å². The van der Waals surface area contributed by atoms with Gasteiger partial charge in [-0.25, -0.2) is 4.39 Å². The Balaban J connectivity index is 2.12. The van der Waals surface area contributed by atoms with Crippen molar-refractivity contribution in [2.24, 2.45) is 7.05 Å². The maximum Gasteiger partial charge on any atom is 0.127 e. The van der Waals surface area contributed by atoms with Gasteiger partial charge in [-0.1, -0.05) is 17.7 Å². The Bertz CT molecular complexity index is 497. The Kier molecular flexibility index (Phi) is 3.33. The normalized spacial score (nSPS) is 10.8. The van der Waals surface area contributed by atoms with Gasteiger partial charge in [0.05, 0.1) is 5.69 Å². The number of hydrogen-bond donors (Lipinski definition) is 1. The second kappa shape index (κ2) is 4.75. The zero-order valence-electron chi connectivity index (χ0n) is 9.45. The van der Waals surface area contributed by atoms with Crippen molar-refractivity contribution in [3.8, 4) is 0 Å². The average Bonchev–Trinajstić information content (AvgIpc) is 2.58. The number of anilines is 1. The van der Waals surface area contributed by atoms with E-state index in [9.17, 15) is 4.39 Å². The number of nitrogen functional groups attached to an aromatic ring is 1. The molecule has 0 bridgehead atoms. The summed E-state index contributed by atoms with van der Waals surface area (Å²) < 4.78 is 15.1. The summed E-state index contributed by atoms with van der Waals surface area (Å²) in [5.41, 5.74) is 7.03. The van der Waals surface area contributed by atoms with Crippen LogP contribution >= 0.6 is 11.6 Å². The quantitative estimate of drug-likeness (QED) is 0.914. The van der Waals surface area contributed by atoms with E-state index in [4.69, 9.17) is 17.3 Å². The van der Waals surface area contributed by atoms with E-state index >= 15 is 0 Å². The first-order valence-corrected chi connectivity index (χ1v) is 5.67. The van der Waals surface area contributed by atoms with Gasteiger partial charge < -0.3 is 5.73 Å². The van der Waals surface area contributed by atoms with Crippen LogP contribution in [0.1, 0.15) is 11.3 Å². The monoisotopic (exact) mass is 253 g/mol. The van der Waals surface area contributed by atoms with Crippen molar-refractivity contribution in [1.82, 2.24) is 9.78 Å². The molecule has 3 nitrogen and oxygen atoms in total. The Morgan fingerprint density at radius 2 is 2.18 bits per heavy atom. The Morgan fingerprint density at radius 1 is 1.41 bits per heavy atom. The highest BCUT2D eigenvalue weighted by molar-refractivity contribution is 6.31. The van der Waals surface area contributed by atoms with Gasteiger partial charge in [0.15, 0.2) is 0 Å². The summed E-state index contributed by atoms with van der Waals surface area (Å²) in [6, 6.07) is 6.48. The SMILES string of the molecule is Cn1nc(CCc2c(F)cccc2Cl)cc1N. The fourth-order valence-electron chi connectivity index (χ4n) is 1.69. The molecule has 0 unspecified atom stereocenters. The van der Waals surface area contributed by atoms with Crippen molar-refractivity contribution in [3.05, 3.63) is 46.4 Å². The number of nitrogens with two attached hydrogens (primary N) is 1. The minimum absolute atomic E-state index is 0.276. The van der Waals surface area contributed by atoms with Crippen LogP contribution in [0.2, 0.25) is 5.02 Å². The topological polar surface area (TPSA) is 43.8 Å². The summed E-state index contributed by atoms with van der Waals surface area (Å²) >= 11 is 5.94. The first-order valence-electron chi connectivity index (χ1n) is 5.29. The zero-order valence-corrected chi connectivity index (χ0v) is 10.2. The maximum atomic E-state index is 13.5. The summed E-state index contributed by atoms with van der Waals surface area (Å²) in [5.74, 6) is 0.320. The Hall–Kier alpha value is -1.55. The average molecular weight is 254 g/mol. The fraction of sp³-hybridized carbons (Fsp3) is 0.250. The summed E-state index contributed by atoms with van der Waals surface area (Å²) in [6.45, 7) is 0. The molecule has 0 saturated heterocycles. The molecule has 0 aliphatic carbocycles. The number of benzene rings is 1. The summed E-state index contributed by atoms with van der Waals surface area (Å²) in [5, 5.41) is 4.66. The van der Waals surface area contributed by atoms with Gasteiger partial charge >= 0.3 is 0 Å². The zero-order chi connectivity index (χ0) is 12.4. The van der Waals surface area contributed by atoms with E-state index in [0.29, 0.717) is 29.2 Å². The molecule has 1 aromatic carbocycles. The van der Waals surface area contributed by atoms with Gasteiger partial charge in [0.1, 0.15) is 11.6 Å². The molecule has 0 aliphatic heterocycles. The lowest BCUT2D eigenvalue weighted by atomic mass is 10.1. The maximum absolute atomic E-state index is 13.5. The third kappa shape index (κ3) is 2.58. The fourth-order valence-corrected chi connectivity index (χ4v) is 1.95. The van der Waals surface area contributed by atoms with Crippen LogP contribution in [0.5, 0.6) is 0 Å². The van der Waals surface area contributed by atoms with Crippen LogP contribution in [-0.2, 0) is 19.9 Å². The minimum Gasteiger partial charge on any atom is -0.384 e. The second-order valence-corrected chi connectivity index (χ2v) is 4.29. The molecule has 0 amide bonds. The van der Waals surface area contributed by atoms with Crippen LogP contribution in [0.3, 0.4) is 0 Å². The van der Waals surface area contributed by atoms with E-state index in [1.165, 1.54) is 6.07 Å². The lowest BCUT2D eigenvalue weighted by Crippen LogP contribution is -1.99.